The molecule has 1 aromatic heterocycles. The van der Waals surface area contributed by atoms with Gasteiger partial charge in [0.1, 0.15) is 0 Å². The minimum absolute atomic E-state index is 0.194. The van der Waals surface area contributed by atoms with E-state index in [0.29, 0.717) is 11.0 Å². The van der Waals surface area contributed by atoms with Gasteiger partial charge in [0.05, 0.1) is 29.5 Å². The average molecular weight is 206 g/mol. The van der Waals surface area contributed by atoms with Crippen molar-refractivity contribution in [3.63, 3.8) is 0 Å². The van der Waals surface area contributed by atoms with E-state index in [1.54, 1.807) is 6.07 Å². The van der Waals surface area contributed by atoms with Gasteiger partial charge in [0.25, 0.3) is 0 Å². The highest BCUT2D eigenvalue weighted by Crippen LogP contribution is 2.22. The molecular weight excluding hydrogens is 195 g/mol. The molecule has 15 heavy (non-hydrogen) atoms. The quantitative estimate of drug-likeness (QED) is 0.718. The van der Waals surface area contributed by atoms with E-state index in [-0.39, 0.29) is 5.75 Å². The number of hydrogen-bond donors (Lipinski definition) is 0. The number of aryl methyl sites for hydroxylation is 2. The molecule has 4 heteroatoms. The molecule has 0 bridgehead atoms. The van der Waals surface area contributed by atoms with Gasteiger partial charge in [0.2, 0.25) is 0 Å². The maximum Gasteiger partial charge on any atom is 0.167 e. The van der Waals surface area contributed by atoms with Crippen LogP contribution in [-0.4, -0.2) is 17.1 Å². The number of nitrogens with zero attached hydrogens (tertiary/aromatic N) is 2. The summed E-state index contributed by atoms with van der Waals surface area (Å²) < 4.78 is 18.2. The summed E-state index contributed by atoms with van der Waals surface area (Å²) in [4.78, 5) is 8.57. The highest BCUT2D eigenvalue weighted by atomic mass is 19.1. The lowest BCUT2D eigenvalue weighted by Crippen LogP contribution is -1.96. The minimum Gasteiger partial charge on any atom is -0.494 e. The summed E-state index contributed by atoms with van der Waals surface area (Å²) in [6.07, 6.45) is 0. The van der Waals surface area contributed by atoms with Gasteiger partial charge in [-0.15, -0.1) is 0 Å². The van der Waals surface area contributed by atoms with Crippen molar-refractivity contribution in [1.29, 1.82) is 0 Å². The van der Waals surface area contributed by atoms with E-state index in [9.17, 15) is 4.39 Å². The van der Waals surface area contributed by atoms with Crippen LogP contribution in [-0.2, 0) is 0 Å². The van der Waals surface area contributed by atoms with Gasteiger partial charge in [-0.25, -0.2) is 14.4 Å². The zero-order valence-electron chi connectivity index (χ0n) is 8.84. The van der Waals surface area contributed by atoms with Crippen LogP contribution in [0.3, 0.4) is 0 Å². The van der Waals surface area contributed by atoms with E-state index < -0.39 is 5.82 Å². The number of halogens is 1. The smallest absolute Gasteiger partial charge is 0.167 e. The van der Waals surface area contributed by atoms with E-state index >= 15 is 0 Å². The number of benzene rings is 1. The molecule has 0 aliphatic heterocycles. The van der Waals surface area contributed by atoms with Gasteiger partial charge in [-0.2, -0.15) is 0 Å². The third-order valence-electron chi connectivity index (χ3n) is 2.35. The van der Waals surface area contributed by atoms with Gasteiger partial charge in [-0.1, -0.05) is 0 Å². The first-order valence-electron chi connectivity index (χ1n) is 4.60. The van der Waals surface area contributed by atoms with Gasteiger partial charge in [-0.05, 0) is 13.8 Å². The van der Waals surface area contributed by atoms with Crippen LogP contribution in [0, 0.1) is 19.7 Å². The minimum atomic E-state index is -0.414. The number of hydrogen-bond acceptors (Lipinski definition) is 3. The molecule has 0 spiro atoms. The van der Waals surface area contributed by atoms with Crippen LogP contribution in [0.5, 0.6) is 5.75 Å². The van der Waals surface area contributed by atoms with Crippen LogP contribution in [0.4, 0.5) is 4.39 Å². The van der Waals surface area contributed by atoms with Gasteiger partial charge in [0, 0.05) is 12.1 Å². The van der Waals surface area contributed by atoms with Crippen LogP contribution in [0.1, 0.15) is 11.4 Å². The third kappa shape index (κ3) is 1.63. The van der Waals surface area contributed by atoms with Crippen molar-refractivity contribution in [3.8, 4) is 5.75 Å². The van der Waals surface area contributed by atoms with Crippen molar-refractivity contribution in [2.24, 2.45) is 0 Å². The first-order valence-corrected chi connectivity index (χ1v) is 4.60. The molecule has 1 heterocycles. The number of methoxy groups -OCH3 is 1. The Morgan fingerprint density at radius 1 is 1.07 bits per heavy atom. The topological polar surface area (TPSA) is 35.0 Å². The Kier molecular flexibility index (Phi) is 2.26. The summed E-state index contributed by atoms with van der Waals surface area (Å²) in [5.41, 5.74) is 2.86. The lowest BCUT2D eigenvalue weighted by Gasteiger charge is -2.05. The van der Waals surface area contributed by atoms with Crippen molar-refractivity contribution in [3.05, 3.63) is 29.3 Å². The molecule has 1 aromatic carbocycles. The molecule has 0 aliphatic carbocycles. The molecule has 0 N–H and O–H groups in total. The molecule has 78 valence electrons. The second-order valence-electron chi connectivity index (χ2n) is 3.37. The molecule has 0 fully saturated rings. The summed E-state index contributed by atoms with van der Waals surface area (Å²) in [7, 11) is 1.43. The van der Waals surface area contributed by atoms with Gasteiger partial charge in [0.15, 0.2) is 11.6 Å². The Bertz CT molecular complexity index is 525. The fraction of sp³-hybridized carbons (Fsp3) is 0.273. The predicted octanol–water partition coefficient (Wildman–Crippen LogP) is 2.39. The van der Waals surface area contributed by atoms with E-state index in [1.165, 1.54) is 13.2 Å². The maximum absolute atomic E-state index is 13.4. The maximum atomic E-state index is 13.4. The van der Waals surface area contributed by atoms with Crippen LogP contribution in [0.25, 0.3) is 11.0 Å². The zero-order chi connectivity index (χ0) is 11.0. The first-order chi connectivity index (χ1) is 7.11. The Morgan fingerprint density at radius 3 is 2.13 bits per heavy atom. The summed E-state index contributed by atoms with van der Waals surface area (Å²) in [5, 5.41) is 0. The predicted molar refractivity (Wildman–Crippen MR) is 55.5 cm³/mol. The lowest BCUT2D eigenvalue weighted by molar-refractivity contribution is 0.387. The SMILES string of the molecule is COc1cc2nc(C)c(C)nc2cc1F. The molecule has 2 rings (SSSR count). The molecular formula is C11H11FN2O. The number of ether oxygens (including phenoxy) is 1. The molecule has 0 saturated heterocycles. The fourth-order valence-electron chi connectivity index (χ4n) is 1.39. The summed E-state index contributed by atoms with van der Waals surface area (Å²) in [6, 6.07) is 2.90. The molecule has 0 aliphatic rings. The molecule has 2 aromatic rings. The molecule has 0 unspecified atom stereocenters. The highest BCUT2D eigenvalue weighted by molar-refractivity contribution is 5.76. The van der Waals surface area contributed by atoms with Crippen molar-refractivity contribution < 1.29 is 9.13 Å². The van der Waals surface area contributed by atoms with Crippen LogP contribution < -0.4 is 4.74 Å². The fourth-order valence-corrected chi connectivity index (χ4v) is 1.39. The van der Waals surface area contributed by atoms with Crippen LogP contribution in [0.15, 0.2) is 12.1 Å². The summed E-state index contributed by atoms with van der Waals surface area (Å²) in [5.74, 6) is -0.220. The monoisotopic (exact) mass is 206 g/mol. The standard InChI is InChI=1S/C11H11FN2O/c1-6-7(2)14-10-5-11(15-3)8(12)4-9(10)13-6/h4-5H,1-3H3. The molecule has 3 nitrogen and oxygen atoms in total. The van der Waals surface area contributed by atoms with E-state index in [4.69, 9.17) is 4.74 Å². The van der Waals surface area contributed by atoms with Crippen molar-refractivity contribution in [2.75, 3.05) is 7.11 Å². The van der Waals surface area contributed by atoms with Crippen LogP contribution >= 0.6 is 0 Å². The first kappa shape index (κ1) is 9.83. The summed E-state index contributed by atoms with van der Waals surface area (Å²) in [6.45, 7) is 3.72. The Balaban J connectivity index is 2.76. The second kappa shape index (κ2) is 3.46. The Morgan fingerprint density at radius 2 is 1.60 bits per heavy atom. The Hall–Kier alpha value is -1.71. The summed E-state index contributed by atoms with van der Waals surface area (Å²) >= 11 is 0. The third-order valence-corrected chi connectivity index (χ3v) is 2.35. The molecule has 0 amide bonds. The average Bonchev–Trinajstić information content (AvgIpc) is 2.20. The van der Waals surface area contributed by atoms with E-state index in [1.807, 2.05) is 13.8 Å². The second-order valence-corrected chi connectivity index (χ2v) is 3.37. The molecule has 0 radical (unpaired) electrons. The van der Waals surface area contributed by atoms with Crippen molar-refractivity contribution in [1.82, 2.24) is 9.97 Å². The van der Waals surface area contributed by atoms with Gasteiger partial charge in [-0.3, -0.25) is 0 Å². The lowest BCUT2D eigenvalue weighted by atomic mass is 10.2. The normalized spacial score (nSPS) is 10.7. The molecule has 0 saturated carbocycles. The molecule has 0 atom stereocenters. The largest absolute Gasteiger partial charge is 0.494 e. The van der Waals surface area contributed by atoms with Crippen molar-refractivity contribution in [2.45, 2.75) is 13.8 Å². The highest BCUT2D eigenvalue weighted by Gasteiger charge is 2.08. The number of rotatable bonds is 1. The van der Waals surface area contributed by atoms with E-state index in [2.05, 4.69) is 9.97 Å². The van der Waals surface area contributed by atoms with Crippen molar-refractivity contribution >= 4 is 11.0 Å². The number of aromatic nitrogens is 2. The Labute approximate surface area is 86.9 Å². The van der Waals surface area contributed by atoms with Gasteiger partial charge >= 0.3 is 0 Å². The van der Waals surface area contributed by atoms with Crippen LogP contribution in [0.2, 0.25) is 0 Å². The zero-order valence-corrected chi connectivity index (χ0v) is 8.84. The van der Waals surface area contributed by atoms with E-state index in [0.717, 1.165) is 11.4 Å². The number of fused-ring (bicyclic) bond motifs is 1. The van der Waals surface area contributed by atoms with Gasteiger partial charge < -0.3 is 4.74 Å².